The number of nitrogens with one attached hydrogen (secondary N) is 1. The fraction of sp³-hybridized carbons (Fsp3) is 0.235. The number of aromatic nitrogens is 2. The van der Waals surface area contributed by atoms with Crippen molar-refractivity contribution in [2.45, 2.75) is 19.9 Å². The molecule has 0 saturated carbocycles. The van der Waals surface area contributed by atoms with Crippen molar-refractivity contribution in [3.63, 3.8) is 0 Å². The van der Waals surface area contributed by atoms with Crippen LogP contribution >= 0.6 is 11.3 Å². The maximum atomic E-state index is 12.6. The van der Waals surface area contributed by atoms with Crippen molar-refractivity contribution in [1.82, 2.24) is 9.55 Å². The van der Waals surface area contributed by atoms with Crippen LogP contribution in [-0.4, -0.2) is 22.6 Å². The van der Waals surface area contributed by atoms with Crippen molar-refractivity contribution in [1.29, 1.82) is 0 Å². The molecule has 0 aliphatic carbocycles. The van der Waals surface area contributed by atoms with Gasteiger partial charge >= 0.3 is 0 Å². The lowest BCUT2D eigenvalue weighted by Gasteiger charge is -2.15. The van der Waals surface area contributed by atoms with Crippen LogP contribution in [0, 0.1) is 6.92 Å². The molecule has 0 bridgehead atoms. The SMILES string of the molecule is COc1ccc(NC(=O)[C@H](C)n2cnc3sc(C)cc3c2=O)cc1. The first-order valence-corrected chi connectivity index (χ1v) is 8.23. The summed E-state index contributed by atoms with van der Waals surface area (Å²) in [7, 11) is 1.58. The van der Waals surface area contributed by atoms with Gasteiger partial charge in [-0.25, -0.2) is 4.98 Å². The molecule has 124 valence electrons. The summed E-state index contributed by atoms with van der Waals surface area (Å²) in [4.78, 5) is 31.0. The molecule has 1 amide bonds. The van der Waals surface area contributed by atoms with Crippen LogP contribution in [0.2, 0.25) is 0 Å². The van der Waals surface area contributed by atoms with Gasteiger partial charge in [-0.15, -0.1) is 11.3 Å². The van der Waals surface area contributed by atoms with Gasteiger partial charge in [-0.05, 0) is 44.2 Å². The van der Waals surface area contributed by atoms with Gasteiger partial charge in [0.1, 0.15) is 16.6 Å². The van der Waals surface area contributed by atoms with Gasteiger partial charge in [0.05, 0.1) is 18.8 Å². The van der Waals surface area contributed by atoms with Crippen LogP contribution in [0.25, 0.3) is 10.2 Å². The van der Waals surface area contributed by atoms with Crippen molar-refractivity contribution in [2.24, 2.45) is 0 Å². The Morgan fingerprint density at radius 1 is 1.33 bits per heavy atom. The highest BCUT2D eigenvalue weighted by molar-refractivity contribution is 7.18. The molecular formula is C17H17N3O3S. The number of amides is 1. The number of nitrogens with zero attached hydrogens (tertiary/aromatic N) is 2. The molecule has 2 aromatic heterocycles. The molecular weight excluding hydrogens is 326 g/mol. The molecule has 0 saturated heterocycles. The van der Waals surface area contributed by atoms with Gasteiger partial charge in [0.25, 0.3) is 5.56 Å². The molecule has 6 nitrogen and oxygen atoms in total. The molecule has 24 heavy (non-hydrogen) atoms. The van der Waals surface area contributed by atoms with Crippen molar-refractivity contribution < 1.29 is 9.53 Å². The quantitative estimate of drug-likeness (QED) is 0.790. The standard InChI is InChI=1S/C17H17N3O3S/c1-10-8-14-16(24-10)18-9-20(17(14)22)11(2)15(21)19-12-4-6-13(23-3)7-5-12/h4-9,11H,1-3H3,(H,19,21)/t11-/m0/s1. The van der Waals surface area contributed by atoms with E-state index in [1.807, 2.05) is 6.92 Å². The van der Waals surface area contributed by atoms with Crippen LogP contribution in [0.4, 0.5) is 5.69 Å². The number of thiophene rings is 1. The number of fused-ring (bicyclic) bond motifs is 1. The predicted molar refractivity (Wildman–Crippen MR) is 95.0 cm³/mol. The van der Waals surface area contributed by atoms with Crippen LogP contribution in [0.1, 0.15) is 17.8 Å². The second kappa shape index (κ2) is 6.45. The normalized spacial score (nSPS) is 12.1. The average Bonchev–Trinajstić information content (AvgIpc) is 2.97. The summed E-state index contributed by atoms with van der Waals surface area (Å²) < 4.78 is 6.44. The summed E-state index contributed by atoms with van der Waals surface area (Å²) in [6.45, 7) is 3.60. The number of anilines is 1. The fourth-order valence-corrected chi connectivity index (χ4v) is 3.22. The number of ether oxygens (including phenoxy) is 1. The molecule has 0 radical (unpaired) electrons. The van der Waals surface area contributed by atoms with E-state index < -0.39 is 6.04 Å². The molecule has 3 rings (SSSR count). The van der Waals surface area contributed by atoms with Gasteiger partial charge in [0, 0.05) is 10.6 Å². The van der Waals surface area contributed by atoms with Gasteiger partial charge in [0.15, 0.2) is 0 Å². The lowest BCUT2D eigenvalue weighted by atomic mass is 10.2. The molecule has 0 unspecified atom stereocenters. The second-order valence-electron chi connectivity index (χ2n) is 5.43. The topological polar surface area (TPSA) is 73.2 Å². The third kappa shape index (κ3) is 3.03. The molecule has 0 spiro atoms. The monoisotopic (exact) mass is 343 g/mol. The van der Waals surface area contributed by atoms with E-state index in [2.05, 4.69) is 10.3 Å². The Labute approximate surface area is 142 Å². The lowest BCUT2D eigenvalue weighted by molar-refractivity contribution is -0.118. The Morgan fingerprint density at radius 3 is 2.71 bits per heavy atom. The van der Waals surface area contributed by atoms with Gasteiger partial charge in [-0.3, -0.25) is 14.2 Å². The van der Waals surface area contributed by atoms with E-state index in [0.717, 1.165) is 4.88 Å². The number of rotatable bonds is 4. The predicted octanol–water partition coefficient (Wildman–Crippen LogP) is 2.97. The molecule has 0 aliphatic rings. The summed E-state index contributed by atoms with van der Waals surface area (Å²) in [5.41, 5.74) is 0.433. The highest BCUT2D eigenvalue weighted by Gasteiger charge is 2.18. The zero-order valence-corrected chi connectivity index (χ0v) is 14.4. The zero-order valence-electron chi connectivity index (χ0n) is 13.6. The minimum absolute atomic E-state index is 0.207. The van der Waals surface area contributed by atoms with E-state index >= 15 is 0 Å². The first-order valence-electron chi connectivity index (χ1n) is 7.42. The van der Waals surface area contributed by atoms with Crippen molar-refractivity contribution in [2.75, 3.05) is 12.4 Å². The molecule has 1 atom stereocenters. The summed E-state index contributed by atoms with van der Waals surface area (Å²) >= 11 is 1.46. The Hall–Kier alpha value is -2.67. The Kier molecular flexibility index (Phi) is 4.35. The summed E-state index contributed by atoms with van der Waals surface area (Å²) in [5.74, 6) is 0.426. The number of aryl methyl sites for hydroxylation is 1. The van der Waals surface area contributed by atoms with Gasteiger partial charge in [-0.2, -0.15) is 0 Å². The number of carbonyl (C=O) groups is 1. The molecule has 1 aromatic carbocycles. The van der Waals surface area contributed by atoms with Crippen molar-refractivity contribution >= 4 is 33.1 Å². The second-order valence-corrected chi connectivity index (χ2v) is 6.66. The number of benzene rings is 1. The maximum absolute atomic E-state index is 12.6. The van der Waals surface area contributed by atoms with E-state index in [1.54, 1.807) is 44.4 Å². The molecule has 2 heterocycles. The van der Waals surface area contributed by atoms with E-state index in [9.17, 15) is 9.59 Å². The average molecular weight is 343 g/mol. The third-order valence-corrected chi connectivity index (χ3v) is 4.71. The molecule has 3 aromatic rings. The van der Waals surface area contributed by atoms with Gasteiger partial charge in [-0.1, -0.05) is 0 Å². The van der Waals surface area contributed by atoms with E-state index in [1.165, 1.54) is 22.2 Å². The molecule has 0 aliphatic heterocycles. The fourth-order valence-electron chi connectivity index (χ4n) is 2.38. The largest absolute Gasteiger partial charge is 0.497 e. The molecule has 7 heteroatoms. The van der Waals surface area contributed by atoms with E-state index in [4.69, 9.17) is 4.74 Å². The first kappa shape index (κ1) is 16.2. The van der Waals surface area contributed by atoms with E-state index in [0.29, 0.717) is 21.7 Å². The summed E-state index contributed by atoms with van der Waals surface area (Å²) in [6, 6.07) is 8.14. The first-order chi connectivity index (χ1) is 11.5. The van der Waals surface area contributed by atoms with Gasteiger partial charge in [0.2, 0.25) is 5.91 Å². The van der Waals surface area contributed by atoms with Crippen LogP contribution in [-0.2, 0) is 4.79 Å². The number of hydrogen-bond acceptors (Lipinski definition) is 5. The number of hydrogen-bond donors (Lipinski definition) is 1. The van der Waals surface area contributed by atoms with Crippen molar-refractivity contribution in [3.8, 4) is 5.75 Å². The highest BCUT2D eigenvalue weighted by atomic mass is 32.1. The minimum atomic E-state index is -0.670. The van der Waals surface area contributed by atoms with E-state index in [-0.39, 0.29) is 11.5 Å². The van der Waals surface area contributed by atoms with Crippen LogP contribution in [0.5, 0.6) is 5.75 Å². The van der Waals surface area contributed by atoms with Crippen LogP contribution in [0.15, 0.2) is 41.5 Å². The summed E-state index contributed by atoms with van der Waals surface area (Å²) in [5, 5.41) is 3.34. The third-order valence-electron chi connectivity index (χ3n) is 3.75. The smallest absolute Gasteiger partial charge is 0.262 e. The number of carbonyl (C=O) groups excluding carboxylic acids is 1. The van der Waals surface area contributed by atoms with Gasteiger partial charge < -0.3 is 10.1 Å². The van der Waals surface area contributed by atoms with Crippen molar-refractivity contribution in [3.05, 3.63) is 51.9 Å². The molecule has 0 fully saturated rings. The highest BCUT2D eigenvalue weighted by Crippen LogP contribution is 2.21. The lowest BCUT2D eigenvalue weighted by Crippen LogP contribution is -2.31. The summed E-state index contributed by atoms with van der Waals surface area (Å²) in [6.07, 6.45) is 1.43. The molecule has 1 N–H and O–H groups in total. The Balaban J connectivity index is 1.84. The van der Waals surface area contributed by atoms with Crippen LogP contribution < -0.4 is 15.6 Å². The maximum Gasteiger partial charge on any atom is 0.262 e. The Bertz CT molecular complexity index is 944. The Morgan fingerprint density at radius 2 is 2.04 bits per heavy atom. The number of methoxy groups -OCH3 is 1. The van der Waals surface area contributed by atoms with Crippen LogP contribution in [0.3, 0.4) is 0 Å². The minimum Gasteiger partial charge on any atom is -0.497 e. The zero-order chi connectivity index (χ0) is 17.3.